The van der Waals surface area contributed by atoms with E-state index in [1.54, 1.807) is 42.5 Å². The topological polar surface area (TPSA) is 93.8 Å². The fourth-order valence-corrected chi connectivity index (χ4v) is 3.34. The molecule has 0 bridgehead atoms. The van der Waals surface area contributed by atoms with Gasteiger partial charge in [-0.2, -0.15) is 10.2 Å². The second-order valence-electron chi connectivity index (χ2n) is 6.59. The second-order valence-corrected chi connectivity index (χ2v) is 6.59. The maximum atomic E-state index is 11.6. The molecule has 1 aliphatic rings. The highest BCUT2D eigenvalue weighted by Gasteiger charge is 2.24. The molecule has 9 nitrogen and oxygen atoms in total. The van der Waals surface area contributed by atoms with Crippen molar-refractivity contribution in [3.63, 3.8) is 0 Å². The third-order valence-corrected chi connectivity index (χ3v) is 4.75. The average Bonchev–Trinajstić information content (AvgIpc) is 3.24. The Morgan fingerprint density at radius 2 is 2.15 bits per heavy atom. The van der Waals surface area contributed by atoms with Crippen molar-refractivity contribution >= 4 is 11.6 Å². The third-order valence-electron chi connectivity index (χ3n) is 4.75. The summed E-state index contributed by atoms with van der Waals surface area (Å²) >= 11 is 0. The Morgan fingerprint density at radius 1 is 1.22 bits per heavy atom. The summed E-state index contributed by atoms with van der Waals surface area (Å²) in [6.45, 7) is 1.65. The van der Waals surface area contributed by atoms with Crippen LogP contribution < -0.4 is 15.8 Å². The van der Waals surface area contributed by atoms with Gasteiger partial charge < -0.3 is 10.2 Å². The normalized spacial score (nSPS) is 17.1. The number of rotatable bonds is 5. The Bertz CT molecular complexity index is 952. The number of anilines is 2. The number of aryl methyl sites for hydroxylation is 1. The van der Waals surface area contributed by atoms with Gasteiger partial charge in [-0.3, -0.25) is 9.78 Å². The highest BCUT2D eigenvalue weighted by Crippen LogP contribution is 2.22. The van der Waals surface area contributed by atoms with E-state index in [1.807, 2.05) is 12.3 Å². The van der Waals surface area contributed by atoms with Crippen molar-refractivity contribution in [1.29, 1.82) is 0 Å². The Hall–Kier alpha value is -3.23. The lowest BCUT2D eigenvalue weighted by Gasteiger charge is -2.36. The van der Waals surface area contributed by atoms with Gasteiger partial charge in [0.1, 0.15) is 11.6 Å². The van der Waals surface area contributed by atoms with Crippen LogP contribution in [0.25, 0.3) is 5.82 Å². The summed E-state index contributed by atoms with van der Waals surface area (Å²) < 4.78 is 3.06. The predicted octanol–water partition coefficient (Wildman–Crippen LogP) is 1.23. The quantitative estimate of drug-likeness (QED) is 0.726. The molecule has 1 unspecified atom stereocenters. The van der Waals surface area contributed by atoms with Crippen LogP contribution in [-0.2, 0) is 7.05 Å². The minimum Gasteiger partial charge on any atom is -0.367 e. The number of hydrogen-bond acceptors (Lipinski definition) is 7. The SMILES string of the molecule is Cn1nc(N2CCCCC2CNc2cncc(-n3cccn3)n2)ccc1=O. The second kappa shape index (κ2) is 7.56. The molecule has 0 saturated carbocycles. The van der Waals surface area contributed by atoms with Crippen LogP contribution in [0.2, 0.25) is 0 Å². The smallest absolute Gasteiger partial charge is 0.266 e. The van der Waals surface area contributed by atoms with E-state index in [0.29, 0.717) is 11.6 Å². The van der Waals surface area contributed by atoms with Gasteiger partial charge in [-0.1, -0.05) is 0 Å². The third kappa shape index (κ3) is 3.81. The minimum atomic E-state index is -0.101. The van der Waals surface area contributed by atoms with Crippen molar-refractivity contribution in [2.45, 2.75) is 25.3 Å². The fraction of sp³-hybridized carbons (Fsp3) is 0.389. The molecular weight excluding hydrogens is 344 g/mol. The summed E-state index contributed by atoms with van der Waals surface area (Å²) in [6, 6.07) is 5.50. The van der Waals surface area contributed by atoms with Gasteiger partial charge in [-0.15, -0.1) is 0 Å². The highest BCUT2D eigenvalue weighted by atomic mass is 16.1. The molecule has 0 radical (unpaired) electrons. The summed E-state index contributed by atoms with van der Waals surface area (Å²) in [4.78, 5) is 22.7. The minimum absolute atomic E-state index is 0.101. The maximum Gasteiger partial charge on any atom is 0.266 e. The van der Waals surface area contributed by atoms with E-state index in [2.05, 4.69) is 30.4 Å². The fourth-order valence-electron chi connectivity index (χ4n) is 3.34. The molecule has 9 heteroatoms. The standard InChI is InChI=1S/C18H22N8O/c1-24-18(27)7-6-16(23-24)25-9-3-2-5-14(25)11-20-15-12-19-13-17(22-15)26-10-4-8-21-26/h4,6-8,10,12-14H,2-3,5,9,11H2,1H3,(H,20,22). The van der Waals surface area contributed by atoms with E-state index in [4.69, 9.17) is 0 Å². The zero-order chi connectivity index (χ0) is 18.6. The van der Waals surface area contributed by atoms with Gasteiger partial charge in [0, 0.05) is 44.6 Å². The largest absolute Gasteiger partial charge is 0.367 e. The molecule has 1 N–H and O–H groups in total. The molecule has 3 aromatic heterocycles. The molecule has 4 rings (SSSR count). The Kier molecular flexibility index (Phi) is 4.82. The first-order chi connectivity index (χ1) is 13.2. The molecule has 27 heavy (non-hydrogen) atoms. The van der Waals surface area contributed by atoms with Crippen molar-refractivity contribution in [2.24, 2.45) is 7.05 Å². The summed E-state index contributed by atoms with van der Waals surface area (Å²) in [5, 5.41) is 12.0. The van der Waals surface area contributed by atoms with Gasteiger partial charge in [-0.25, -0.2) is 14.3 Å². The average molecular weight is 366 g/mol. The van der Waals surface area contributed by atoms with Crippen LogP contribution in [0.15, 0.2) is 47.8 Å². The van der Waals surface area contributed by atoms with Gasteiger partial charge in [0.15, 0.2) is 5.82 Å². The summed E-state index contributed by atoms with van der Waals surface area (Å²) in [5.74, 6) is 2.21. The Labute approximate surface area is 156 Å². The lowest BCUT2D eigenvalue weighted by molar-refractivity contribution is 0.464. The lowest BCUT2D eigenvalue weighted by Crippen LogP contribution is -2.45. The number of nitrogens with one attached hydrogen (secondary N) is 1. The van der Waals surface area contributed by atoms with E-state index >= 15 is 0 Å². The summed E-state index contributed by atoms with van der Waals surface area (Å²) in [6.07, 6.45) is 10.3. The number of piperidine rings is 1. The van der Waals surface area contributed by atoms with Gasteiger partial charge >= 0.3 is 0 Å². The first-order valence-corrected chi connectivity index (χ1v) is 9.07. The predicted molar refractivity (Wildman–Crippen MR) is 102 cm³/mol. The van der Waals surface area contributed by atoms with Crippen molar-refractivity contribution in [1.82, 2.24) is 29.5 Å². The van der Waals surface area contributed by atoms with Crippen LogP contribution in [-0.4, -0.2) is 48.7 Å². The van der Waals surface area contributed by atoms with E-state index < -0.39 is 0 Å². The molecule has 1 saturated heterocycles. The van der Waals surface area contributed by atoms with E-state index in [9.17, 15) is 4.79 Å². The first-order valence-electron chi connectivity index (χ1n) is 9.07. The molecule has 0 aliphatic carbocycles. The molecule has 3 aromatic rings. The van der Waals surface area contributed by atoms with Gasteiger partial charge in [0.2, 0.25) is 0 Å². The summed E-state index contributed by atoms with van der Waals surface area (Å²) in [5.41, 5.74) is -0.101. The van der Waals surface area contributed by atoms with Crippen LogP contribution in [0, 0.1) is 0 Å². The van der Waals surface area contributed by atoms with Gasteiger partial charge in [0.05, 0.1) is 12.4 Å². The van der Waals surface area contributed by atoms with Crippen molar-refractivity contribution in [3.8, 4) is 5.82 Å². The van der Waals surface area contributed by atoms with Crippen LogP contribution >= 0.6 is 0 Å². The lowest BCUT2D eigenvalue weighted by atomic mass is 10.0. The molecule has 1 fully saturated rings. The van der Waals surface area contributed by atoms with Gasteiger partial charge in [0.25, 0.3) is 5.56 Å². The van der Waals surface area contributed by atoms with Crippen LogP contribution in [0.1, 0.15) is 19.3 Å². The number of hydrogen-bond donors (Lipinski definition) is 1. The summed E-state index contributed by atoms with van der Waals surface area (Å²) in [7, 11) is 1.68. The molecule has 0 aromatic carbocycles. The molecule has 140 valence electrons. The highest BCUT2D eigenvalue weighted by molar-refractivity contribution is 5.41. The van der Waals surface area contributed by atoms with E-state index in [-0.39, 0.29) is 11.6 Å². The van der Waals surface area contributed by atoms with Crippen molar-refractivity contribution in [3.05, 3.63) is 53.3 Å². The van der Waals surface area contributed by atoms with E-state index in [0.717, 1.165) is 31.7 Å². The van der Waals surface area contributed by atoms with Crippen molar-refractivity contribution in [2.75, 3.05) is 23.3 Å². The molecule has 4 heterocycles. The Balaban J connectivity index is 1.48. The molecule has 1 atom stereocenters. The Morgan fingerprint density at radius 3 is 2.96 bits per heavy atom. The molecule has 1 aliphatic heterocycles. The van der Waals surface area contributed by atoms with Gasteiger partial charge in [-0.05, 0) is 31.4 Å². The monoisotopic (exact) mass is 366 g/mol. The number of aromatic nitrogens is 6. The molecule has 0 spiro atoms. The van der Waals surface area contributed by atoms with Crippen LogP contribution in [0.4, 0.5) is 11.6 Å². The zero-order valence-electron chi connectivity index (χ0n) is 15.2. The zero-order valence-corrected chi connectivity index (χ0v) is 15.2. The van der Waals surface area contributed by atoms with E-state index in [1.165, 1.54) is 11.1 Å². The molecule has 0 amide bonds. The van der Waals surface area contributed by atoms with Crippen molar-refractivity contribution < 1.29 is 0 Å². The molecular formula is C18H22N8O. The number of nitrogens with zero attached hydrogens (tertiary/aromatic N) is 7. The van der Waals surface area contributed by atoms with Crippen LogP contribution in [0.5, 0.6) is 0 Å². The first kappa shape index (κ1) is 17.2. The van der Waals surface area contributed by atoms with Crippen LogP contribution in [0.3, 0.4) is 0 Å². The maximum absolute atomic E-state index is 11.6.